The van der Waals surface area contributed by atoms with Crippen molar-refractivity contribution in [1.29, 1.82) is 0 Å². The Morgan fingerprint density at radius 1 is 1.15 bits per heavy atom. The maximum absolute atomic E-state index is 3.31. The van der Waals surface area contributed by atoms with Crippen molar-refractivity contribution in [2.45, 2.75) is 20.3 Å². The van der Waals surface area contributed by atoms with E-state index in [-0.39, 0.29) is 0 Å². The summed E-state index contributed by atoms with van der Waals surface area (Å²) < 4.78 is 1.13. The van der Waals surface area contributed by atoms with E-state index in [1.54, 1.807) is 0 Å². The summed E-state index contributed by atoms with van der Waals surface area (Å²) in [7, 11) is 0. The number of rotatable bonds is 3. The molecule has 0 unspecified atom stereocenters. The first-order valence-electron chi connectivity index (χ1n) is 4.72. The Bertz CT molecular complexity index is 183. The number of benzene rings is 1. The lowest BCUT2D eigenvalue weighted by atomic mass is 10.4. The third kappa shape index (κ3) is 9.57. The van der Waals surface area contributed by atoms with E-state index >= 15 is 0 Å². The minimum Gasteiger partial charge on any atom is -0.317 e. The van der Waals surface area contributed by atoms with Crippen LogP contribution < -0.4 is 5.32 Å². The molecule has 2 heteroatoms. The molecular formula is C11H18BrN. The summed E-state index contributed by atoms with van der Waals surface area (Å²) in [6, 6.07) is 9.97. The fourth-order valence-corrected chi connectivity index (χ4v) is 1.07. The van der Waals surface area contributed by atoms with Crippen LogP contribution in [0.15, 0.2) is 34.8 Å². The van der Waals surface area contributed by atoms with Gasteiger partial charge in [0.05, 0.1) is 0 Å². The van der Waals surface area contributed by atoms with Gasteiger partial charge in [-0.05, 0) is 31.6 Å². The van der Waals surface area contributed by atoms with Crippen LogP contribution in [0.1, 0.15) is 20.3 Å². The molecule has 0 heterocycles. The largest absolute Gasteiger partial charge is 0.317 e. The Kier molecular flexibility index (Phi) is 9.49. The Labute approximate surface area is 89.7 Å². The minimum atomic E-state index is 1.10. The molecule has 74 valence electrons. The summed E-state index contributed by atoms with van der Waals surface area (Å²) in [4.78, 5) is 0. The summed E-state index contributed by atoms with van der Waals surface area (Å²) in [5.74, 6) is 0. The van der Waals surface area contributed by atoms with Crippen LogP contribution in [0.5, 0.6) is 0 Å². The van der Waals surface area contributed by atoms with Crippen LogP contribution in [0, 0.1) is 0 Å². The maximum atomic E-state index is 3.31. The smallest absolute Gasteiger partial charge is 0.0175 e. The van der Waals surface area contributed by atoms with Crippen LogP contribution >= 0.6 is 15.9 Å². The van der Waals surface area contributed by atoms with Crippen molar-refractivity contribution in [3.8, 4) is 0 Å². The van der Waals surface area contributed by atoms with Crippen molar-refractivity contribution in [2.24, 2.45) is 0 Å². The molecule has 0 aliphatic carbocycles. The Morgan fingerprint density at radius 3 is 2.00 bits per heavy atom. The van der Waals surface area contributed by atoms with Crippen molar-refractivity contribution >= 4 is 15.9 Å². The molecule has 1 rings (SSSR count). The van der Waals surface area contributed by atoms with Crippen LogP contribution in [0.2, 0.25) is 0 Å². The van der Waals surface area contributed by atoms with Crippen LogP contribution in [0.4, 0.5) is 0 Å². The number of halogens is 1. The third-order valence-electron chi connectivity index (χ3n) is 1.41. The molecular weight excluding hydrogens is 226 g/mol. The van der Waals surface area contributed by atoms with Gasteiger partial charge in [-0.3, -0.25) is 0 Å². The number of hydrogen-bond acceptors (Lipinski definition) is 1. The lowest BCUT2D eigenvalue weighted by Crippen LogP contribution is -2.12. The maximum Gasteiger partial charge on any atom is 0.0175 e. The SMILES string of the molecule is Brc1ccccc1.CCCNCC. The summed E-state index contributed by atoms with van der Waals surface area (Å²) in [6.45, 7) is 6.56. The van der Waals surface area contributed by atoms with E-state index in [9.17, 15) is 0 Å². The van der Waals surface area contributed by atoms with Crippen LogP contribution in [-0.2, 0) is 0 Å². The Balaban J connectivity index is 0.000000226. The molecule has 1 N–H and O–H groups in total. The van der Waals surface area contributed by atoms with Gasteiger partial charge < -0.3 is 5.32 Å². The molecule has 0 fully saturated rings. The number of hydrogen-bond donors (Lipinski definition) is 1. The highest BCUT2D eigenvalue weighted by atomic mass is 79.9. The molecule has 1 aromatic carbocycles. The van der Waals surface area contributed by atoms with Crippen LogP contribution in [0.3, 0.4) is 0 Å². The second-order valence-electron chi connectivity index (χ2n) is 2.65. The average molecular weight is 244 g/mol. The van der Waals surface area contributed by atoms with Gasteiger partial charge in [0.2, 0.25) is 0 Å². The molecule has 0 radical (unpaired) electrons. The number of nitrogens with one attached hydrogen (secondary N) is 1. The summed E-state index contributed by atoms with van der Waals surface area (Å²) >= 11 is 3.31. The van der Waals surface area contributed by atoms with E-state index in [1.807, 2.05) is 30.3 Å². The molecule has 0 amide bonds. The molecule has 0 atom stereocenters. The van der Waals surface area contributed by atoms with Crippen molar-refractivity contribution < 1.29 is 0 Å². The second-order valence-corrected chi connectivity index (χ2v) is 3.56. The zero-order valence-electron chi connectivity index (χ0n) is 8.39. The van der Waals surface area contributed by atoms with Gasteiger partial charge in [-0.15, -0.1) is 0 Å². The summed E-state index contributed by atoms with van der Waals surface area (Å²) in [6.07, 6.45) is 1.24. The second kappa shape index (κ2) is 9.75. The molecule has 0 saturated heterocycles. The van der Waals surface area contributed by atoms with E-state index in [2.05, 4.69) is 35.1 Å². The molecule has 13 heavy (non-hydrogen) atoms. The molecule has 0 bridgehead atoms. The minimum absolute atomic E-state index is 1.10. The Hall–Kier alpha value is -0.340. The van der Waals surface area contributed by atoms with Gasteiger partial charge in [0.15, 0.2) is 0 Å². The van der Waals surface area contributed by atoms with Gasteiger partial charge in [-0.1, -0.05) is 48.0 Å². The van der Waals surface area contributed by atoms with Gasteiger partial charge in [-0.2, -0.15) is 0 Å². The van der Waals surface area contributed by atoms with Crippen LogP contribution in [-0.4, -0.2) is 13.1 Å². The first kappa shape index (κ1) is 12.7. The summed E-state index contributed by atoms with van der Waals surface area (Å²) in [5, 5.41) is 3.20. The van der Waals surface area contributed by atoms with E-state index in [0.717, 1.165) is 17.6 Å². The first-order valence-corrected chi connectivity index (χ1v) is 5.51. The topological polar surface area (TPSA) is 12.0 Å². The van der Waals surface area contributed by atoms with E-state index in [4.69, 9.17) is 0 Å². The Morgan fingerprint density at radius 2 is 1.77 bits per heavy atom. The molecule has 0 aromatic heterocycles. The van der Waals surface area contributed by atoms with Gasteiger partial charge in [-0.25, -0.2) is 0 Å². The van der Waals surface area contributed by atoms with Crippen molar-refractivity contribution in [3.05, 3.63) is 34.8 Å². The van der Waals surface area contributed by atoms with Crippen LogP contribution in [0.25, 0.3) is 0 Å². The van der Waals surface area contributed by atoms with Gasteiger partial charge in [0, 0.05) is 4.47 Å². The zero-order chi connectivity index (χ0) is 9.94. The third-order valence-corrected chi connectivity index (χ3v) is 1.94. The predicted molar refractivity (Wildman–Crippen MR) is 63.0 cm³/mol. The van der Waals surface area contributed by atoms with Crippen molar-refractivity contribution in [3.63, 3.8) is 0 Å². The van der Waals surface area contributed by atoms with E-state index < -0.39 is 0 Å². The van der Waals surface area contributed by atoms with Crippen molar-refractivity contribution in [1.82, 2.24) is 5.32 Å². The normalized spacial score (nSPS) is 8.85. The first-order chi connectivity index (χ1) is 6.31. The lowest BCUT2D eigenvalue weighted by molar-refractivity contribution is 0.703. The van der Waals surface area contributed by atoms with E-state index in [0.29, 0.717) is 0 Å². The van der Waals surface area contributed by atoms with Gasteiger partial charge >= 0.3 is 0 Å². The van der Waals surface area contributed by atoms with Crippen molar-refractivity contribution in [2.75, 3.05) is 13.1 Å². The molecule has 0 aliphatic heterocycles. The van der Waals surface area contributed by atoms with Gasteiger partial charge in [0.1, 0.15) is 0 Å². The molecule has 0 spiro atoms. The zero-order valence-corrected chi connectivity index (χ0v) is 9.97. The fourth-order valence-electron chi connectivity index (χ4n) is 0.768. The van der Waals surface area contributed by atoms with E-state index in [1.165, 1.54) is 6.42 Å². The quantitative estimate of drug-likeness (QED) is 0.803. The fraction of sp³-hybridized carbons (Fsp3) is 0.455. The van der Waals surface area contributed by atoms with Gasteiger partial charge in [0.25, 0.3) is 0 Å². The molecule has 1 aromatic rings. The summed E-state index contributed by atoms with van der Waals surface area (Å²) in [5.41, 5.74) is 0. The lowest BCUT2D eigenvalue weighted by Gasteiger charge is -1.91. The monoisotopic (exact) mass is 243 g/mol. The predicted octanol–water partition coefficient (Wildman–Crippen LogP) is 3.46. The average Bonchev–Trinajstić information content (AvgIpc) is 2.17. The molecule has 0 aliphatic rings. The highest BCUT2D eigenvalue weighted by Crippen LogP contribution is 2.05. The molecule has 1 nitrogen and oxygen atoms in total. The molecule has 0 saturated carbocycles. The highest BCUT2D eigenvalue weighted by Gasteiger charge is 1.74. The standard InChI is InChI=1S/C6H5Br.C5H13N/c7-6-4-2-1-3-5-6;1-3-5-6-4-2/h1-5H;6H,3-5H2,1-2H3. The highest BCUT2D eigenvalue weighted by molar-refractivity contribution is 9.10.